The third-order valence-electron chi connectivity index (χ3n) is 15.5. The van der Waals surface area contributed by atoms with Gasteiger partial charge < -0.3 is 23.8 Å². The Morgan fingerprint density at radius 3 is 1.73 bits per heavy atom. The number of ether oxygens (including phenoxy) is 1. The largest absolute Gasteiger partial charge is 0.481 e. The van der Waals surface area contributed by atoms with E-state index < -0.39 is 57.8 Å². The standard InChI is InChI=1S/C60H87NO7SSi2/c1-17-38-59(12,53(40-54(63)64)67-70(13,14)57(6,7)8)56(65)45(4)55(68-71(15,16)58(9,10)11)43(2)28-27-29-47(36-37-52(62)44(3)39-51-42-69-46(5)61-51)41-66-60(48-30-21-18-22-31-48,49-32-23-19-24-33-49)50-34-25-20-26-35-50/h17-26,30-36,39,42-43,45,52-53,55,62H,1,27-29,37-38,40-41H2,2-16H3,(H,63,64)/b44-39+,47-36+/t43-,45-,52-,53-,55+,59-/m0/s1. The number of aromatic nitrogens is 1. The number of carbonyl (C=O) groups is 2. The highest BCUT2D eigenvalue weighted by atomic mass is 32.1. The average Bonchev–Trinajstić information content (AvgIpc) is 3.72. The van der Waals surface area contributed by atoms with Crippen LogP contribution in [-0.4, -0.2) is 68.5 Å². The molecule has 71 heavy (non-hydrogen) atoms. The molecule has 11 heteroatoms. The molecule has 6 atom stereocenters. The van der Waals surface area contributed by atoms with Gasteiger partial charge in [-0.15, -0.1) is 17.9 Å². The van der Waals surface area contributed by atoms with Gasteiger partial charge in [0.1, 0.15) is 11.4 Å². The van der Waals surface area contributed by atoms with Gasteiger partial charge in [-0.05, 0) is 129 Å². The first-order chi connectivity index (χ1) is 33.1. The number of aliphatic carboxylic acids is 1. The smallest absolute Gasteiger partial charge is 0.305 e. The Bertz CT molecular complexity index is 2290. The van der Waals surface area contributed by atoms with Crippen LogP contribution in [0.15, 0.2) is 126 Å². The van der Waals surface area contributed by atoms with Crippen molar-refractivity contribution in [3.8, 4) is 0 Å². The Kier molecular flexibility index (Phi) is 21.1. The number of benzene rings is 3. The molecule has 0 spiro atoms. The minimum atomic E-state index is -2.52. The van der Waals surface area contributed by atoms with Gasteiger partial charge in [0.15, 0.2) is 16.6 Å². The number of nitrogens with zero attached hydrogens (tertiary/aromatic N) is 1. The molecule has 1 aromatic heterocycles. The molecule has 0 bridgehead atoms. The summed E-state index contributed by atoms with van der Waals surface area (Å²) in [6.45, 7) is 36.0. The summed E-state index contributed by atoms with van der Waals surface area (Å²) in [6.07, 6.45) is 6.40. The molecule has 0 unspecified atom stereocenters. The molecule has 3 aromatic carbocycles. The number of rotatable bonds is 27. The quantitative estimate of drug-likeness (QED) is 0.0345. The summed E-state index contributed by atoms with van der Waals surface area (Å²) in [7, 11) is -4.97. The summed E-state index contributed by atoms with van der Waals surface area (Å²) >= 11 is 1.59. The second kappa shape index (κ2) is 25.2. The second-order valence-electron chi connectivity index (χ2n) is 23.1. The zero-order chi connectivity index (χ0) is 53.0. The van der Waals surface area contributed by atoms with Crippen LogP contribution in [0.2, 0.25) is 36.3 Å². The average molecular weight is 1020 g/mol. The molecule has 0 aliphatic heterocycles. The fraction of sp³-hybridized carbons (Fsp3) is 0.517. The van der Waals surface area contributed by atoms with Crippen LogP contribution < -0.4 is 0 Å². The zero-order valence-corrected chi connectivity index (χ0v) is 48.6. The van der Waals surface area contributed by atoms with Crippen molar-refractivity contribution in [2.24, 2.45) is 17.3 Å². The molecule has 2 N–H and O–H groups in total. The molecule has 388 valence electrons. The monoisotopic (exact) mass is 1020 g/mol. The highest BCUT2D eigenvalue weighted by Crippen LogP contribution is 2.46. The number of hydrogen-bond acceptors (Lipinski definition) is 8. The Labute approximate surface area is 434 Å². The van der Waals surface area contributed by atoms with Crippen LogP contribution in [0.3, 0.4) is 0 Å². The van der Waals surface area contributed by atoms with Crippen LogP contribution in [0, 0.1) is 24.2 Å². The normalized spacial score (nSPS) is 16.4. The van der Waals surface area contributed by atoms with Crippen LogP contribution in [0.4, 0.5) is 0 Å². The van der Waals surface area contributed by atoms with E-state index in [4.69, 9.17) is 13.6 Å². The lowest BCUT2D eigenvalue weighted by molar-refractivity contribution is -0.147. The van der Waals surface area contributed by atoms with Crippen LogP contribution in [0.5, 0.6) is 0 Å². The lowest BCUT2D eigenvalue weighted by atomic mass is 9.69. The van der Waals surface area contributed by atoms with Crippen molar-refractivity contribution in [2.75, 3.05) is 6.61 Å². The number of carboxylic acids is 1. The second-order valence-corrected chi connectivity index (χ2v) is 33.7. The van der Waals surface area contributed by atoms with E-state index in [0.717, 1.165) is 51.4 Å². The maximum Gasteiger partial charge on any atom is 0.305 e. The van der Waals surface area contributed by atoms with Crippen LogP contribution in [-0.2, 0) is 28.8 Å². The van der Waals surface area contributed by atoms with Gasteiger partial charge in [-0.2, -0.15) is 0 Å². The summed E-state index contributed by atoms with van der Waals surface area (Å²) in [4.78, 5) is 32.6. The van der Waals surface area contributed by atoms with Crippen molar-refractivity contribution >= 4 is 45.8 Å². The van der Waals surface area contributed by atoms with Crippen LogP contribution in [0.25, 0.3) is 6.08 Å². The Hall–Kier alpha value is -4.08. The number of carbonyl (C=O) groups excluding carboxylic acids is 1. The van der Waals surface area contributed by atoms with E-state index >= 15 is 4.79 Å². The van der Waals surface area contributed by atoms with Crippen molar-refractivity contribution in [2.45, 2.75) is 175 Å². The van der Waals surface area contributed by atoms with Gasteiger partial charge in [0.2, 0.25) is 0 Å². The number of carboxylic acid groups (broad SMARTS) is 1. The maximum atomic E-state index is 15.4. The number of aryl methyl sites for hydroxylation is 1. The lowest BCUT2D eigenvalue weighted by Crippen LogP contribution is -2.55. The predicted octanol–water partition coefficient (Wildman–Crippen LogP) is 15.4. The third-order valence-corrected chi connectivity index (χ3v) is 25.2. The number of Topliss-reactive ketones (excluding diaryl/α,β-unsaturated/α-hetero) is 1. The molecule has 0 aliphatic carbocycles. The Balaban J connectivity index is 1.75. The summed E-state index contributed by atoms with van der Waals surface area (Å²) in [5.41, 5.74) is 3.67. The van der Waals surface area contributed by atoms with Gasteiger partial charge in [0, 0.05) is 11.3 Å². The number of allylic oxidation sites excluding steroid dienone is 1. The van der Waals surface area contributed by atoms with Crippen molar-refractivity contribution in [3.63, 3.8) is 0 Å². The molecule has 8 nitrogen and oxygen atoms in total. The van der Waals surface area contributed by atoms with E-state index in [2.05, 4.69) is 165 Å². The number of hydrogen-bond donors (Lipinski definition) is 2. The molecule has 0 amide bonds. The SMILES string of the molecule is C=CC[C@](C)(C(=O)[C@@H](C)[C@H](O[Si](C)(C)C(C)(C)C)[C@@H](C)CCC/C(=C\C[C@H](O)/C(C)=C/c1csc(C)n1)COC(c1ccccc1)(c1ccccc1)c1ccccc1)[C@H](CC(=O)O)O[Si](C)(C)C(C)(C)C. The molecular formula is C60H87NO7SSi2. The van der Waals surface area contributed by atoms with Gasteiger partial charge >= 0.3 is 5.97 Å². The highest BCUT2D eigenvalue weighted by molar-refractivity contribution is 7.09. The Morgan fingerprint density at radius 2 is 1.30 bits per heavy atom. The van der Waals surface area contributed by atoms with E-state index in [9.17, 15) is 15.0 Å². The molecule has 0 radical (unpaired) electrons. The first-order valence-electron chi connectivity index (χ1n) is 25.6. The first-order valence-corrected chi connectivity index (χ1v) is 32.3. The van der Waals surface area contributed by atoms with E-state index in [-0.39, 0.29) is 34.6 Å². The highest BCUT2D eigenvalue weighted by Gasteiger charge is 2.51. The fourth-order valence-corrected chi connectivity index (χ4v) is 12.4. The van der Waals surface area contributed by atoms with E-state index in [0.29, 0.717) is 19.4 Å². The van der Waals surface area contributed by atoms with Gasteiger partial charge in [-0.3, -0.25) is 9.59 Å². The number of aliphatic hydroxyl groups is 1. The number of ketones is 1. The summed E-state index contributed by atoms with van der Waals surface area (Å²) in [5.74, 6) is -1.68. The van der Waals surface area contributed by atoms with Crippen molar-refractivity contribution in [1.82, 2.24) is 4.98 Å². The molecule has 1 heterocycles. The molecule has 0 saturated carbocycles. The molecular weight excluding hydrogens is 935 g/mol. The summed E-state index contributed by atoms with van der Waals surface area (Å²) in [6, 6.07) is 31.1. The van der Waals surface area contributed by atoms with Crippen molar-refractivity contribution < 1.29 is 33.4 Å². The van der Waals surface area contributed by atoms with Gasteiger partial charge in [-0.25, -0.2) is 4.98 Å². The Morgan fingerprint density at radius 1 is 0.803 bits per heavy atom. The van der Waals surface area contributed by atoms with Crippen molar-refractivity contribution in [3.05, 3.63) is 154 Å². The van der Waals surface area contributed by atoms with E-state index in [1.54, 1.807) is 17.4 Å². The third kappa shape index (κ3) is 15.5. The van der Waals surface area contributed by atoms with Crippen LogP contribution in [0.1, 0.15) is 135 Å². The maximum absolute atomic E-state index is 15.4. The fourth-order valence-electron chi connectivity index (χ4n) is 8.93. The minimum Gasteiger partial charge on any atom is -0.481 e. The minimum absolute atomic E-state index is 0.0492. The predicted molar refractivity (Wildman–Crippen MR) is 301 cm³/mol. The molecule has 4 rings (SSSR count). The van der Waals surface area contributed by atoms with Gasteiger partial charge in [0.25, 0.3) is 0 Å². The van der Waals surface area contributed by atoms with Crippen LogP contribution >= 0.6 is 11.3 Å². The summed E-state index contributed by atoms with van der Waals surface area (Å²) in [5, 5.41) is 24.5. The van der Waals surface area contributed by atoms with Crippen molar-refractivity contribution in [1.29, 1.82) is 0 Å². The molecule has 4 aromatic rings. The summed E-state index contributed by atoms with van der Waals surface area (Å²) < 4.78 is 21.7. The van der Waals surface area contributed by atoms with Gasteiger partial charge in [0.05, 0.1) is 47.5 Å². The van der Waals surface area contributed by atoms with E-state index in [1.165, 1.54) is 0 Å². The zero-order valence-electron chi connectivity index (χ0n) is 45.8. The molecule has 0 saturated heterocycles. The number of thiazole rings is 1. The lowest BCUT2D eigenvalue weighted by Gasteiger charge is -2.47. The molecule has 0 aliphatic rings. The van der Waals surface area contributed by atoms with Gasteiger partial charge in [-0.1, -0.05) is 159 Å². The molecule has 0 fully saturated rings. The number of aliphatic hydroxyl groups excluding tert-OH is 1. The topological polar surface area (TPSA) is 115 Å². The first kappa shape index (κ1) is 59.5. The van der Waals surface area contributed by atoms with E-state index in [1.807, 2.05) is 57.4 Å².